The average Bonchev–Trinajstić information content (AvgIpc) is 3.29. The zero-order valence-corrected chi connectivity index (χ0v) is 19.0. The van der Waals surface area contributed by atoms with E-state index in [2.05, 4.69) is 17.1 Å². The minimum absolute atomic E-state index is 0.199. The van der Waals surface area contributed by atoms with E-state index in [0.29, 0.717) is 36.7 Å². The van der Waals surface area contributed by atoms with Gasteiger partial charge in [-0.25, -0.2) is 5.43 Å². The second-order valence-electron chi connectivity index (χ2n) is 7.55. The SMILES string of the molecule is C=CCc1cc(/C=N/NC(=O)c2cc3ccccc3o2)cc(OCC)c1OCc1ccccc1. The number of rotatable bonds is 10. The Morgan fingerprint density at radius 1 is 1.06 bits per heavy atom. The molecule has 172 valence electrons. The smallest absolute Gasteiger partial charge is 0.307 e. The summed E-state index contributed by atoms with van der Waals surface area (Å²) in [4.78, 5) is 12.4. The Kier molecular flexibility index (Phi) is 7.40. The van der Waals surface area contributed by atoms with E-state index in [-0.39, 0.29) is 5.76 Å². The molecule has 6 nitrogen and oxygen atoms in total. The number of hydrogen-bond donors (Lipinski definition) is 1. The first-order valence-corrected chi connectivity index (χ1v) is 11.1. The molecular formula is C28H26N2O4. The van der Waals surface area contributed by atoms with Gasteiger partial charge in [0.15, 0.2) is 17.3 Å². The Morgan fingerprint density at radius 3 is 2.62 bits per heavy atom. The first-order chi connectivity index (χ1) is 16.7. The molecule has 1 heterocycles. The van der Waals surface area contributed by atoms with Crippen LogP contribution in [0.25, 0.3) is 11.0 Å². The molecule has 34 heavy (non-hydrogen) atoms. The monoisotopic (exact) mass is 454 g/mol. The van der Waals surface area contributed by atoms with Crippen LogP contribution in [0.5, 0.6) is 11.5 Å². The van der Waals surface area contributed by atoms with Gasteiger partial charge in [-0.05, 0) is 48.7 Å². The van der Waals surface area contributed by atoms with Crippen LogP contribution in [-0.4, -0.2) is 18.7 Å². The number of amides is 1. The summed E-state index contributed by atoms with van der Waals surface area (Å²) in [5.74, 6) is 1.06. The van der Waals surface area contributed by atoms with Gasteiger partial charge in [-0.15, -0.1) is 6.58 Å². The minimum atomic E-state index is -0.424. The van der Waals surface area contributed by atoms with Gasteiger partial charge in [-0.2, -0.15) is 5.10 Å². The number of ether oxygens (including phenoxy) is 2. The minimum Gasteiger partial charge on any atom is -0.490 e. The predicted molar refractivity (Wildman–Crippen MR) is 134 cm³/mol. The fourth-order valence-electron chi connectivity index (χ4n) is 3.54. The zero-order chi connectivity index (χ0) is 23.8. The lowest BCUT2D eigenvalue weighted by atomic mass is 10.1. The van der Waals surface area contributed by atoms with Crippen molar-refractivity contribution in [1.82, 2.24) is 5.43 Å². The van der Waals surface area contributed by atoms with Crippen LogP contribution in [0, 0.1) is 0 Å². The van der Waals surface area contributed by atoms with Crippen LogP contribution in [0.4, 0.5) is 0 Å². The molecule has 0 atom stereocenters. The number of hydrogen-bond acceptors (Lipinski definition) is 5. The summed E-state index contributed by atoms with van der Waals surface area (Å²) in [6, 6.07) is 22.9. The molecule has 0 unspecified atom stereocenters. The molecule has 0 fully saturated rings. The number of hydrazone groups is 1. The summed E-state index contributed by atoms with van der Waals surface area (Å²) >= 11 is 0. The quantitative estimate of drug-likeness (QED) is 0.184. The van der Waals surface area contributed by atoms with Gasteiger partial charge in [0.2, 0.25) is 0 Å². The molecule has 1 aromatic heterocycles. The van der Waals surface area contributed by atoms with Crippen LogP contribution in [-0.2, 0) is 13.0 Å². The maximum Gasteiger partial charge on any atom is 0.307 e. The number of carbonyl (C=O) groups is 1. The molecule has 0 radical (unpaired) electrons. The molecule has 0 aliphatic carbocycles. The predicted octanol–water partition coefficient (Wildman–Crippen LogP) is 5.90. The van der Waals surface area contributed by atoms with Crippen molar-refractivity contribution >= 4 is 23.1 Å². The lowest BCUT2D eigenvalue weighted by Crippen LogP contribution is -2.16. The van der Waals surface area contributed by atoms with E-state index in [1.165, 1.54) is 0 Å². The Bertz CT molecular complexity index is 1280. The maximum atomic E-state index is 12.4. The second kappa shape index (κ2) is 11.0. The number of nitrogens with one attached hydrogen (secondary N) is 1. The lowest BCUT2D eigenvalue weighted by Gasteiger charge is -2.16. The summed E-state index contributed by atoms with van der Waals surface area (Å²) in [7, 11) is 0. The number of para-hydroxylation sites is 1. The van der Waals surface area contributed by atoms with Crippen molar-refractivity contribution in [1.29, 1.82) is 0 Å². The highest BCUT2D eigenvalue weighted by molar-refractivity contribution is 5.96. The summed E-state index contributed by atoms with van der Waals surface area (Å²) in [5.41, 5.74) is 5.91. The van der Waals surface area contributed by atoms with E-state index in [1.54, 1.807) is 12.3 Å². The van der Waals surface area contributed by atoms with Crippen LogP contribution in [0.3, 0.4) is 0 Å². The van der Waals surface area contributed by atoms with Gasteiger partial charge in [0.1, 0.15) is 12.2 Å². The van der Waals surface area contributed by atoms with Gasteiger partial charge in [0, 0.05) is 10.9 Å². The second-order valence-corrected chi connectivity index (χ2v) is 7.55. The number of carbonyl (C=O) groups excluding carboxylic acids is 1. The molecule has 0 aliphatic rings. The van der Waals surface area contributed by atoms with Gasteiger partial charge in [0.25, 0.3) is 0 Å². The molecule has 6 heteroatoms. The van der Waals surface area contributed by atoms with Crippen LogP contribution in [0.2, 0.25) is 0 Å². The van der Waals surface area contributed by atoms with E-state index < -0.39 is 5.91 Å². The third-order valence-corrected chi connectivity index (χ3v) is 5.07. The number of furan rings is 1. The fourth-order valence-corrected chi connectivity index (χ4v) is 3.54. The highest BCUT2D eigenvalue weighted by atomic mass is 16.5. The molecule has 0 bridgehead atoms. The zero-order valence-electron chi connectivity index (χ0n) is 19.0. The molecule has 0 aliphatic heterocycles. The van der Waals surface area contributed by atoms with E-state index in [9.17, 15) is 4.79 Å². The van der Waals surface area contributed by atoms with Gasteiger partial charge in [-0.3, -0.25) is 4.79 Å². The summed E-state index contributed by atoms with van der Waals surface area (Å²) in [6.07, 6.45) is 3.97. The maximum absolute atomic E-state index is 12.4. The largest absolute Gasteiger partial charge is 0.490 e. The molecule has 1 amide bonds. The standard InChI is InChI=1S/C28H26N2O4/c1-3-10-23-15-21(16-25(32-4-2)27(23)33-19-20-11-6-5-7-12-20)18-29-30-28(31)26-17-22-13-8-9-14-24(22)34-26/h3,5-9,11-18H,1,4,10,19H2,2H3,(H,30,31)/b29-18+. The number of nitrogens with zero attached hydrogens (tertiary/aromatic N) is 1. The van der Waals surface area contributed by atoms with E-state index in [0.717, 1.165) is 22.1 Å². The van der Waals surface area contributed by atoms with Gasteiger partial charge < -0.3 is 13.9 Å². The van der Waals surface area contributed by atoms with E-state index >= 15 is 0 Å². The highest BCUT2D eigenvalue weighted by Crippen LogP contribution is 2.34. The van der Waals surface area contributed by atoms with Crippen LogP contribution in [0.1, 0.15) is 34.2 Å². The molecule has 1 N–H and O–H groups in total. The molecule has 4 rings (SSSR count). The molecule has 0 saturated heterocycles. The Balaban J connectivity index is 1.52. The van der Waals surface area contributed by atoms with E-state index in [1.807, 2.05) is 79.7 Å². The Labute approximate surface area is 198 Å². The third kappa shape index (κ3) is 5.53. The number of benzene rings is 3. The highest BCUT2D eigenvalue weighted by Gasteiger charge is 2.14. The van der Waals surface area contributed by atoms with Gasteiger partial charge in [0.05, 0.1) is 12.8 Å². The van der Waals surface area contributed by atoms with Gasteiger partial charge in [-0.1, -0.05) is 54.6 Å². The van der Waals surface area contributed by atoms with Gasteiger partial charge >= 0.3 is 5.91 Å². The molecular weight excluding hydrogens is 428 g/mol. The average molecular weight is 455 g/mol. The number of fused-ring (bicyclic) bond motifs is 1. The van der Waals surface area contributed by atoms with Crippen LogP contribution in [0.15, 0.2) is 95.0 Å². The first-order valence-electron chi connectivity index (χ1n) is 11.1. The van der Waals surface area contributed by atoms with Crippen molar-refractivity contribution in [2.45, 2.75) is 20.0 Å². The van der Waals surface area contributed by atoms with Crippen molar-refractivity contribution in [3.63, 3.8) is 0 Å². The van der Waals surface area contributed by atoms with Crippen molar-refractivity contribution in [3.8, 4) is 11.5 Å². The Morgan fingerprint density at radius 2 is 1.85 bits per heavy atom. The summed E-state index contributed by atoms with van der Waals surface area (Å²) < 4.78 is 17.6. The topological polar surface area (TPSA) is 73.1 Å². The van der Waals surface area contributed by atoms with E-state index in [4.69, 9.17) is 13.9 Å². The van der Waals surface area contributed by atoms with Crippen molar-refractivity contribution in [3.05, 3.63) is 108 Å². The molecule has 0 saturated carbocycles. The summed E-state index contributed by atoms with van der Waals surface area (Å²) in [5, 5.41) is 4.97. The first kappa shape index (κ1) is 22.9. The summed E-state index contributed by atoms with van der Waals surface area (Å²) in [6.45, 7) is 6.69. The molecule has 0 spiro atoms. The van der Waals surface area contributed by atoms with Crippen molar-refractivity contribution in [2.24, 2.45) is 5.10 Å². The van der Waals surface area contributed by atoms with Crippen molar-refractivity contribution in [2.75, 3.05) is 6.61 Å². The van der Waals surface area contributed by atoms with Crippen molar-refractivity contribution < 1.29 is 18.7 Å². The van der Waals surface area contributed by atoms with Crippen LogP contribution >= 0.6 is 0 Å². The lowest BCUT2D eigenvalue weighted by molar-refractivity contribution is 0.0929. The normalized spacial score (nSPS) is 11.0. The Hall–Kier alpha value is -4.32. The fraction of sp³-hybridized carbons (Fsp3) is 0.143. The molecule has 3 aromatic carbocycles. The third-order valence-electron chi connectivity index (χ3n) is 5.07. The van der Waals surface area contributed by atoms with Crippen LogP contribution < -0.4 is 14.9 Å². The molecule has 4 aromatic rings. The number of allylic oxidation sites excluding steroid dienone is 1.